The molecule has 1 aliphatic rings. The van der Waals surface area contributed by atoms with Gasteiger partial charge in [-0.05, 0) is 24.3 Å². The predicted octanol–water partition coefficient (Wildman–Crippen LogP) is 0.905. The van der Waals surface area contributed by atoms with Crippen molar-refractivity contribution in [3.05, 3.63) is 24.3 Å². The maximum atomic E-state index is 11.8. The second-order valence-corrected chi connectivity index (χ2v) is 7.25. The fourth-order valence-electron chi connectivity index (χ4n) is 2.22. The van der Waals surface area contributed by atoms with Crippen LogP contribution in [0.15, 0.2) is 29.2 Å². The molecule has 2 rings (SSSR count). The first-order valence-electron chi connectivity index (χ1n) is 6.89. The summed E-state index contributed by atoms with van der Waals surface area (Å²) in [6.07, 6.45) is 0.174. The van der Waals surface area contributed by atoms with Gasteiger partial charge in [-0.2, -0.15) is 0 Å². The molecule has 1 aromatic rings. The average molecular weight is 298 g/mol. The quantitative estimate of drug-likeness (QED) is 0.875. The Kier molecular flexibility index (Phi) is 5.01. The van der Waals surface area contributed by atoms with Crippen LogP contribution in [0.3, 0.4) is 0 Å². The highest BCUT2D eigenvalue weighted by molar-refractivity contribution is 7.91. The summed E-state index contributed by atoms with van der Waals surface area (Å²) in [5, 5.41) is 3.30. The Morgan fingerprint density at radius 1 is 1.35 bits per heavy atom. The fourth-order valence-corrected chi connectivity index (χ4v) is 3.11. The molecule has 1 saturated heterocycles. The Labute approximate surface area is 120 Å². The molecule has 0 amide bonds. The van der Waals surface area contributed by atoms with Crippen molar-refractivity contribution in [1.29, 1.82) is 0 Å². The van der Waals surface area contributed by atoms with E-state index >= 15 is 0 Å². The fraction of sp³-hybridized carbons (Fsp3) is 0.571. The van der Waals surface area contributed by atoms with E-state index in [1.165, 1.54) is 0 Å². The van der Waals surface area contributed by atoms with Gasteiger partial charge in [0.2, 0.25) is 0 Å². The van der Waals surface area contributed by atoms with Crippen LogP contribution in [-0.2, 0) is 14.6 Å². The number of likely N-dealkylation sites (N-methyl/N-ethyl adjacent to an activating group) is 1. The molecule has 20 heavy (non-hydrogen) atoms. The molecule has 6 heteroatoms. The first kappa shape index (κ1) is 15.3. The van der Waals surface area contributed by atoms with Crippen molar-refractivity contribution in [3.63, 3.8) is 0 Å². The molecule has 1 atom stereocenters. The second kappa shape index (κ2) is 6.56. The molecule has 5 nitrogen and oxygen atoms in total. The first-order valence-corrected chi connectivity index (χ1v) is 8.54. The Morgan fingerprint density at radius 2 is 2.05 bits per heavy atom. The molecule has 1 aromatic carbocycles. The smallest absolute Gasteiger partial charge is 0.178 e. The van der Waals surface area contributed by atoms with Gasteiger partial charge in [-0.3, -0.25) is 0 Å². The lowest BCUT2D eigenvalue weighted by atomic mass is 10.2. The zero-order chi connectivity index (χ0) is 14.6. The molecule has 1 aliphatic heterocycles. The zero-order valence-electron chi connectivity index (χ0n) is 12.0. The number of morpholine rings is 1. The number of benzene rings is 1. The first-order chi connectivity index (χ1) is 9.53. The maximum absolute atomic E-state index is 11.8. The van der Waals surface area contributed by atoms with Gasteiger partial charge in [0, 0.05) is 32.4 Å². The summed E-state index contributed by atoms with van der Waals surface area (Å²) in [4.78, 5) is 2.47. The summed E-state index contributed by atoms with van der Waals surface area (Å²) in [6.45, 7) is 4.94. The zero-order valence-corrected chi connectivity index (χ0v) is 12.8. The summed E-state index contributed by atoms with van der Waals surface area (Å²) in [5.41, 5.74) is 0.995. The van der Waals surface area contributed by atoms with Crippen LogP contribution in [0.5, 0.6) is 0 Å². The monoisotopic (exact) mass is 298 g/mol. The highest BCUT2D eigenvalue weighted by Gasteiger charge is 2.16. The standard InChI is InChI=1S/C14H22N2O3S/c1-3-20(17,18)14-6-4-12(5-7-14)16(2)11-13-10-15-8-9-19-13/h4-7,13,15H,3,8-11H2,1-2H3. The van der Waals surface area contributed by atoms with Crippen molar-refractivity contribution in [2.45, 2.75) is 17.9 Å². The van der Waals surface area contributed by atoms with Gasteiger partial charge in [0.1, 0.15) is 0 Å². The largest absolute Gasteiger partial charge is 0.374 e. The highest BCUT2D eigenvalue weighted by atomic mass is 32.2. The Hall–Kier alpha value is -1.11. The number of hydrogen-bond acceptors (Lipinski definition) is 5. The van der Waals surface area contributed by atoms with Crippen LogP contribution >= 0.6 is 0 Å². The maximum Gasteiger partial charge on any atom is 0.178 e. The SMILES string of the molecule is CCS(=O)(=O)c1ccc(N(C)CC2CNCCO2)cc1. The third-order valence-electron chi connectivity index (χ3n) is 3.50. The average Bonchev–Trinajstić information content (AvgIpc) is 2.48. The Balaban J connectivity index is 2.02. The normalized spacial score (nSPS) is 19.8. The molecule has 0 aliphatic carbocycles. The van der Waals surface area contributed by atoms with Crippen LogP contribution in [0, 0.1) is 0 Å². The van der Waals surface area contributed by atoms with E-state index < -0.39 is 9.84 Å². The molecule has 1 heterocycles. The van der Waals surface area contributed by atoms with Crippen molar-refractivity contribution in [1.82, 2.24) is 5.32 Å². The van der Waals surface area contributed by atoms with Gasteiger partial charge < -0.3 is 15.0 Å². The summed E-state index contributed by atoms with van der Waals surface area (Å²) in [7, 11) is -1.13. The highest BCUT2D eigenvalue weighted by Crippen LogP contribution is 2.18. The van der Waals surface area contributed by atoms with Crippen LogP contribution in [0.2, 0.25) is 0 Å². The number of anilines is 1. The lowest BCUT2D eigenvalue weighted by molar-refractivity contribution is 0.0340. The number of rotatable bonds is 5. The van der Waals surface area contributed by atoms with Crippen molar-refractivity contribution in [2.24, 2.45) is 0 Å². The van der Waals surface area contributed by atoms with Gasteiger partial charge in [0.15, 0.2) is 9.84 Å². The Morgan fingerprint density at radius 3 is 2.60 bits per heavy atom. The Bertz CT molecular complexity index is 522. The predicted molar refractivity (Wildman–Crippen MR) is 80.0 cm³/mol. The molecule has 0 spiro atoms. The summed E-state index contributed by atoms with van der Waals surface area (Å²) < 4.78 is 29.2. The van der Waals surface area contributed by atoms with Crippen LogP contribution < -0.4 is 10.2 Å². The van der Waals surface area contributed by atoms with Crippen LogP contribution in [0.25, 0.3) is 0 Å². The van der Waals surface area contributed by atoms with Crippen molar-refractivity contribution < 1.29 is 13.2 Å². The minimum atomic E-state index is -3.12. The topological polar surface area (TPSA) is 58.6 Å². The van der Waals surface area contributed by atoms with Crippen molar-refractivity contribution in [3.8, 4) is 0 Å². The molecule has 0 radical (unpaired) electrons. The number of nitrogens with one attached hydrogen (secondary N) is 1. The van der Waals surface area contributed by atoms with Crippen LogP contribution in [-0.4, -0.2) is 53.6 Å². The summed E-state index contributed by atoms with van der Waals surface area (Å²) >= 11 is 0. The van der Waals surface area contributed by atoms with E-state index in [2.05, 4.69) is 10.2 Å². The van der Waals surface area contributed by atoms with Crippen molar-refractivity contribution >= 4 is 15.5 Å². The van der Waals surface area contributed by atoms with E-state index in [9.17, 15) is 8.42 Å². The molecule has 0 saturated carbocycles. The van der Waals surface area contributed by atoms with E-state index in [1.54, 1.807) is 19.1 Å². The molecule has 1 N–H and O–H groups in total. The van der Waals surface area contributed by atoms with E-state index in [0.717, 1.165) is 31.9 Å². The van der Waals surface area contributed by atoms with Gasteiger partial charge in [-0.15, -0.1) is 0 Å². The van der Waals surface area contributed by atoms with E-state index in [4.69, 9.17) is 4.74 Å². The van der Waals surface area contributed by atoms with Gasteiger partial charge in [-0.25, -0.2) is 8.42 Å². The second-order valence-electron chi connectivity index (χ2n) is 4.97. The van der Waals surface area contributed by atoms with Crippen molar-refractivity contribution in [2.75, 3.05) is 43.9 Å². The van der Waals surface area contributed by atoms with Crippen LogP contribution in [0.4, 0.5) is 5.69 Å². The van der Waals surface area contributed by atoms with Crippen LogP contribution in [0.1, 0.15) is 6.92 Å². The molecule has 1 unspecified atom stereocenters. The molecular formula is C14H22N2O3S. The molecule has 0 aromatic heterocycles. The number of hydrogen-bond donors (Lipinski definition) is 1. The minimum absolute atomic E-state index is 0.129. The minimum Gasteiger partial charge on any atom is -0.374 e. The number of ether oxygens (including phenoxy) is 1. The summed E-state index contributed by atoms with van der Waals surface area (Å²) in [6, 6.07) is 7.03. The van der Waals surface area contributed by atoms with E-state index in [1.807, 2.05) is 19.2 Å². The van der Waals surface area contributed by atoms with Gasteiger partial charge in [0.05, 0.1) is 23.4 Å². The third kappa shape index (κ3) is 3.71. The van der Waals surface area contributed by atoms with E-state index in [0.29, 0.717) is 4.90 Å². The third-order valence-corrected chi connectivity index (χ3v) is 5.25. The molecule has 112 valence electrons. The lowest BCUT2D eigenvalue weighted by Crippen LogP contribution is -2.44. The van der Waals surface area contributed by atoms with Gasteiger partial charge in [0.25, 0.3) is 0 Å². The van der Waals surface area contributed by atoms with Gasteiger partial charge in [-0.1, -0.05) is 6.92 Å². The molecular weight excluding hydrogens is 276 g/mol. The molecule has 1 fully saturated rings. The van der Waals surface area contributed by atoms with E-state index in [-0.39, 0.29) is 11.9 Å². The lowest BCUT2D eigenvalue weighted by Gasteiger charge is -2.29. The number of sulfone groups is 1. The molecule has 0 bridgehead atoms. The number of nitrogens with zero attached hydrogens (tertiary/aromatic N) is 1. The summed E-state index contributed by atoms with van der Waals surface area (Å²) in [5.74, 6) is 0.129. The van der Waals surface area contributed by atoms with Gasteiger partial charge >= 0.3 is 0 Å².